The first-order valence-electron chi connectivity index (χ1n) is 5.72. The highest BCUT2D eigenvalue weighted by Gasteiger charge is 1.96. The maximum absolute atomic E-state index is 5.47. The largest absolute Gasteiger partial charge is 0.490 e. The first-order valence-corrected chi connectivity index (χ1v) is 5.72. The molecule has 0 bridgehead atoms. The maximum Gasteiger partial charge on any atom is 0.137 e. The van der Waals surface area contributed by atoms with Crippen LogP contribution in [0.3, 0.4) is 0 Å². The van der Waals surface area contributed by atoms with Crippen LogP contribution >= 0.6 is 0 Å². The van der Waals surface area contributed by atoms with Crippen LogP contribution in [0, 0.1) is 0 Å². The Balaban J connectivity index is 2.21. The van der Waals surface area contributed by atoms with E-state index in [2.05, 4.69) is 11.9 Å². The topological polar surface area (TPSA) is 57.4 Å². The van der Waals surface area contributed by atoms with E-state index in [9.17, 15) is 0 Å². The number of rotatable bonds is 8. The third-order valence-electron chi connectivity index (χ3n) is 2.04. The Morgan fingerprint density at radius 3 is 2.75 bits per heavy atom. The van der Waals surface area contributed by atoms with E-state index >= 15 is 0 Å². The molecule has 0 spiro atoms. The highest BCUT2D eigenvalue weighted by molar-refractivity contribution is 5.19. The Morgan fingerprint density at radius 1 is 1.25 bits per heavy atom. The van der Waals surface area contributed by atoms with E-state index in [1.54, 1.807) is 6.20 Å². The average molecular weight is 224 g/mol. The maximum atomic E-state index is 5.47. The molecule has 1 heterocycles. The lowest BCUT2D eigenvalue weighted by Crippen LogP contribution is -2.08. The minimum Gasteiger partial charge on any atom is -0.490 e. The van der Waals surface area contributed by atoms with Gasteiger partial charge in [0.25, 0.3) is 0 Å². The van der Waals surface area contributed by atoms with Crippen LogP contribution in [0.4, 0.5) is 0 Å². The summed E-state index contributed by atoms with van der Waals surface area (Å²) < 4.78 is 10.8. The molecule has 0 aliphatic rings. The smallest absolute Gasteiger partial charge is 0.137 e. The van der Waals surface area contributed by atoms with Gasteiger partial charge in [0, 0.05) is 18.7 Å². The van der Waals surface area contributed by atoms with Crippen molar-refractivity contribution < 1.29 is 9.47 Å². The second-order valence-electron chi connectivity index (χ2n) is 3.48. The van der Waals surface area contributed by atoms with Gasteiger partial charge in [-0.3, -0.25) is 4.98 Å². The van der Waals surface area contributed by atoms with Crippen LogP contribution in [-0.4, -0.2) is 31.3 Å². The van der Waals surface area contributed by atoms with Crippen molar-refractivity contribution in [3.8, 4) is 5.75 Å². The van der Waals surface area contributed by atoms with Gasteiger partial charge in [0.2, 0.25) is 0 Å². The molecule has 1 rings (SSSR count). The molecule has 0 aromatic carbocycles. The van der Waals surface area contributed by atoms with E-state index in [-0.39, 0.29) is 0 Å². The lowest BCUT2D eigenvalue weighted by atomic mass is 10.3. The number of hydrogen-bond acceptors (Lipinski definition) is 4. The van der Waals surface area contributed by atoms with Crippen molar-refractivity contribution >= 4 is 0 Å². The van der Waals surface area contributed by atoms with Crippen LogP contribution in [0.15, 0.2) is 18.3 Å². The summed E-state index contributed by atoms with van der Waals surface area (Å²) in [4.78, 5) is 4.24. The predicted molar refractivity (Wildman–Crippen MR) is 63.6 cm³/mol. The lowest BCUT2D eigenvalue weighted by Gasteiger charge is -2.06. The van der Waals surface area contributed by atoms with Crippen LogP contribution < -0.4 is 10.5 Å². The Kier molecular flexibility index (Phi) is 6.53. The summed E-state index contributed by atoms with van der Waals surface area (Å²) in [5.74, 6) is 0.779. The van der Waals surface area contributed by atoms with E-state index < -0.39 is 0 Å². The van der Waals surface area contributed by atoms with Crippen LogP contribution in [0.2, 0.25) is 0 Å². The van der Waals surface area contributed by atoms with Crippen molar-refractivity contribution in [1.29, 1.82) is 0 Å². The third kappa shape index (κ3) is 5.09. The Bertz CT molecular complexity index is 275. The first kappa shape index (κ1) is 12.9. The summed E-state index contributed by atoms with van der Waals surface area (Å²) in [6.07, 6.45) is 3.57. The second kappa shape index (κ2) is 8.07. The van der Waals surface area contributed by atoms with E-state index in [1.165, 1.54) is 0 Å². The quantitative estimate of drug-likeness (QED) is 0.678. The SMILES string of the molecule is CCCOCCOc1ccc(CCN)nc1. The Hall–Kier alpha value is -1.13. The molecule has 0 aliphatic heterocycles. The van der Waals surface area contributed by atoms with Crippen LogP contribution in [-0.2, 0) is 11.2 Å². The molecule has 16 heavy (non-hydrogen) atoms. The van der Waals surface area contributed by atoms with Gasteiger partial charge in [-0.15, -0.1) is 0 Å². The van der Waals surface area contributed by atoms with Gasteiger partial charge < -0.3 is 15.2 Å². The van der Waals surface area contributed by atoms with Gasteiger partial charge in [0.05, 0.1) is 12.8 Å². The number of nitrogens with two attached hydrogens (primary N) is 1. The zero-order valence-corrected chi connectivity index (χ0v) is 9.82. The van der Waals surface area contributed by atoms with Crippen LogP contribution in [0.5, 0.6) is 5.75 Å². The van der Waals surface area contributed by atoms with E-state index in [1.807, 2.05) is 12.1 Å². The molecule has 0 saturated heterocycles. The molecular weight excluding hydrogens is 204 g/mol. The van der Waals surface area contributed by atoms with Crippen molar-refractivity contribution in [3.63, 3.8) is 0 Å². The molecule has 0 unspecified atom stereocenters. The highest BCUT2D eigenvalue weighted by Crippen LogP contribution is 2.08. The fraction of sp³-hybridized carbons (Fsp3) is 0.583. The summed E-state index contributed by atoms with van der Waals surface area (Å²) in [5, 5.41) is 0. The number of pyridine rings is 1. The van der Waals surface area contributed by atoms with Crippen molar-refractivity contribution in [3.05, 3.63) is 24.0 Å². The van der Waals surface area contributed by atoms with E-state index in [0.29, 0.717) is 19.8 Å². The lowest BCUT2D eigenvalue weighted by molar-refractivity contribution is 0.100. The van der Waals surface area contributed by atoms with Crippen LogP contribution in [0.25, 0.3) is 0 Å². The van der Waals surface area contributed by atoms with Gasteiger partial charge in [-0.2, -0.15) is 0 Å². The van der Waals surface area contributed by atoms with Gasteiger partial charge in [-0.05, 0) is 25.1 Å². The molecule has 0 atom stereocenters. The fourth-order valence-corrected chi connectivity index (χ4v) is 1.26. The minimum absolute atomic E-state index is 0.567. The summed E-state index contributed by atoms with van der Waals surface area (Å²) in [6, 6.07) is 3.85. The molecule has 1 aromatic heterocycles. The Morgan fingerprint density at radius 2 is 2.12 bits per heavy atom. The molecule has 4 nitrogen and oxygen atoms in total. The van der Waals surface area contributed by atoms with Crippen molar-refractivity contribution in [1.82, 2.24) is 4.98 Å². The summed E-state index contributed by atoms with van der Waals surface area (Å²) in [6.45, 7) is 4.69. The third-order valence-corrected chi connectivity index (χ3v) is 2.04. The predicted octanol–water partition coefficient (Wildman–Crippen LogP) is 1.39. The zero-order chi connectivity index (χ0) is 11.6. The molecule has 0 fully saturated rings. The van der Waals surface area contributed by atoms with Gasteiger partial charge in [0.1, 0.15) is 12.4 Å². The minimum atomic E-state index is 0.567. The first-order chi connectivity index (χ1) is 7.86. The Labute approximate surface area is 96.8 Å². The molecule has 0 amide bonds. The standard InChI is InChI=1S/C12H20N2O2/c1-2-7-15-8-9-16-12-4-3-11(5-6-13)14-10-12/h3-4,10H,2,5-9,13H2,1H3. The fourth-order valence-electron chi connectivity index (χ4n) is 1.26. The molecule has 2 N–H and O–H groups in total. The van der Waals surface area contributed by atoms with Gasteiger partial charge >= 0.3 is 0 Å². The van der Waals surface area contributed by atoms with Gasteiger partial charge in [-0.25, -0.2) is 0 Å². The zero-order valence-electron chi connectivity index (χ0n) is 9.82. The monoisotopic (exact) mass is 224 g/mol. The second-order valence-corrected chi connectivity index (χ2v) is 3.48. The number of aromatic nitrogens is 1. The molecule has 4 heteroatoms. The average Bonchev–Trinajstić information content (AvgIpc) is 2.31. The molecule has 0 saturated carbocycles. The molecular formula is C12H20N2O2. The van der Waals surface area contributed by atoms with E-state index in [0.717, 1.165) is 30.9 Å². The van der Waals surface area contributed by atoms with Crippen molar-refractivity contribution in [2.75, 3.05) is 26.4 Å². The van der Waals surface area contributed by atoms with Crippen molar-refractivity contribution in [2.24, 2.45) is 5.73 Å². The molecule has 1 aromatic rings. The van der Waals surface area contributed by atoms with Crippen molar-refractivity contribution in [2.45, 2.75) is 19.8 Å². The number of hydrogen-bond donors (Lipinski definition) is 1. The molecule has 0 radical (unpaired) electrons. The summed E-state index contributed by atoms with van der Waals surface area (Å²) >= 11 is 0. The molecule has 0 aliphatic carbocycles. The normalized spacial score (nSPS) is 10.4. The van der Waals surface area contributed by atoms with Crippen LogP contribution in [0.1, 0.15) is 19.0 Å². The summed E-state index contributed by atoms with van der Waals surface area (Å²) in [5.41, 5.74) is 6.43. The highest BCUT2D eigenvalue weighted by atomic mass is 16.5. The van der Waals surface area contributed by atoms with Gasteiger partial charge in [-0.1, -0.05) is 6.92 Å². The number of ether oxygens (including phenoxy) is 2. The molecule has 90 valence electrons. The van der Waals surface area contributed by atoms with E-state index in [4.69, 9.17) is 15.2 Å². The van der Waals surface area contributed by atoms with Gasteiger partial charge in [0.15, 0.2) is 0 Å². The summed E-state index contributed by atoms with van der Waals surface area (Å²) in [7, 11) is 0. The number of nitrogens with zero attached hydrogens (tertiary/aromatic N) is 1.